The molecule has 2 nitrogen and oxygen atoms in total. The molecule has 0 amide bonds. The van der Waals surface area contributed by atoms with E-state index in [1.54, 1.807) is 6.92 Å². The van der Waals surface area contributed by atoms with Crippen molar-refractivity contribution in [2.45, 2.75) is 25.8 Å². The molecule has 1 rings (SSSR count). The minimum Gasteiger partial charge on any atom is -0.675 e. The van der Waals surface area contributed by atoms with Crippen molar-refractivity contribution in [3.05, 3.63) is 11.5 Å². The van der Waals surface area contributed by atoms with Gasteiger partial charge in [0.15, 0.2) is 0 Å². The molecule has 10 heavy (non-hydrogen) atoms. The van der Waals surface area contributed by atoms with Crippen LogP contribution in [-0.2, 0) is 16.5 Å². The molecule has 0 radical (unpaired) electrons. The summed E-state index contributed by atoms with van der Waals surface area (Å²) in [6.45, 7) is 2.29. The van der Waals surface area contributed by atoms with E-state index in [4.69, 9.17) is 30.3 Å². The van der Waals surface area contributed by atoms with Gasteiger partial charge >= 0.3 is 35.3 Å². The van der Waals surface area contributed by atoms with Gasteiger partial charge in [0.05, 0.1) is 0 Å². The van der Waals surface area contributed by atoms with Crippen LogP contribution < -0.4 is 0 Å². The smallest absolute Gasteiger partial charge is 0.0710 e. The molecular weight excluding hydrogens is 354 g/mol. The van der Waals surface area contributed by atoms with Crippen molar-refractivity contribution < 1.29 is 16.5 Å². The number of nitrogens with one attached hydrogen (secondary N) is 2. The molecule has 5 heteroatoms. The van der Waals surface area contributed by atoms with Crippen LogP contribution in [0.5, 0.6) is 0 Å². The molecule has 0 saturated heterocycles. The number of halogens is 2. The second-order valence-corrected chi connectivity index (χ2v) is 4.96. The summed E-state index contributed by atoms with van der Waals surface area (Å²) in [6, 6.07) is 0.333. The molecule has 1 aliphatic carbocycles. The maximum atomic E-state index is 6.69. The Kier molecular flexibility index (Phi) is 17.6. The molecule has 0 bridgehead atoms. The first-order valence-corrected chi connectivity index (χ1v) is 8.54. The topological polar surface area (TPSA) is 47.6 Å². The molecule has 1 fully saturated rings. The molecule has 0 heterocycles. The van der Waals surface area contributed by atoms with E-state index in [0.29, 0.717) is 12.6 Å². The van der Waals surface area contributed by atoms with Crippen LogP contribution in [0.15, 0.2) is 0 Å². The van der Waals surface area contributed by atoms with E-state index in [2.05, 4.69) is 0 Å². The molecule has 1 saturated carbocycles. The number of hydrogen-bond donors (Lipinski definition) is 0. The van der Waals surface area contributed by atoms with Gasteiger partial charge in [0, 0.05) is 0 Å². The second-order valence-electron chi connectivity index (χ2n) is 1.67. The fraction of sp³-hybridized carbons (Fsp3) is 1.00. The minimum absolute atomic E-state index is 0.333. The summed E-state index contributed by atoms with van der Waals surface area (Å²) in [5.74, 6) is 0. The van der Waals surface area contributed by atoms with Crippen molar-refractivity contribution in [3.63, 3.8) is 0 Å². The third kappa shape index (κ3) is 35.1. The Morgan fingerprint density at radius 1 is 1.50 bits per heavy atom. The summed E-state index contributed by atoms with van der Waals surface area (Å²) in [5, 5.41) is 0. The minimum atomic E-state index is -0.472. The van der Waals surface area contributed by atoms with Crippen LogP contribution in [0.4, 0.5) is 0 Å². The van der Waals surface area contributed by atoms with E-state index in [-0.39, 0.29) is 0 Å². The van der Waals surface area contributed by atoms with Crippen LogP contribution in [0.1, 0.15) is 19.8 Å². The summed E-state index contributed by atoms with van der Waals surface area (Å²) in [4.78, 5) is 0. The van der Waals surface area contributed by atoms with E-state index in [1.165, 1.54) is 0 Å². The first-order chi connectivity index (χ1) is 4.72. The average molecular weight is 366 g/mol. The largest absolute Gasteiger partial charge is 0.675 e. The van der Waals surface area contributed by atoms with Crippen molar-refractivity contribution in [3.8, 4) is 0 Å². The molecular formula is C5H12Cl2N2Pt. The summed E-state index contributed by atoms with van der Waals surface area (Å²) < 4.78 is 0. The van der Waals surface area contributed by atoms with Gasteiger partial charge in [-0.3, -0.25) is 0 Å². The summed E-state index contributed by atoms with van der Waals surface area (Å²) in [5.41, 5.74) is 12.9. The van der Waals surface area contributed by atoms with Gasteiger partial charge in [-0.1, -0.05) is 19.8 Å². The fourth-order valence-electron chi connectivity index (χ4n) is 0.0833. The Hall–Kier alpha value is 1.19. The normalized spacial score (nSPS) is 14.5. The molecule has 66 valence electrons. The van der Waals surface area contributed by atoms with Crippen molar-refractivity contribution in [1.82, 2.24) is 0 Å². The first-order valence-electron chi connectivity index (χ1n) is 2.90. The quantitative estimate of drug-likeness (QED) is 0.629. The van der Waals surface area contributed by atoms with Crippen molar-refractivity contribution in [1.29, 1.82) is 0 Å². The summed E-state index contributed by atoms with van der Waals surface area (Å²) in [6.07, 6.45) is 2.31. The Balaban J connectivity index is 0. The van der Waals surface area contributed by atoms with Crippen molar-refractivity contribution in [2.24, 2.45) is 0 Å². The van der Waals surface area contributed by atoms with E-state index < -0.39 is 16.5 Å². The molecule has 0 atom stereocenters. The molecule has 0 unspecified atom stereocenters. The number of rotatable bonds is 0. The second kappa shape index (κ2) is 12.8. The third-order valence-corrected chi connectivity index (χ3v) is 0.577. The van der Waals surface area contributed by atoms with Gasteiger partial charge in [-0.25, -0.2) is 0 Å². The molecule has 1 aliphatic rings. The SMILES string of the molecule is CC[NH-].[Cl][Pt+2][Cl].[NH-]C1CC1. The Morgan fingerprint density at radius 2 is 1.60 bits per heavy atom. The monoisotopic (exact) mass is 365 g/mol. The van der Waals surface area contributed by atoms with Crippen molar-refractivity contribution in [2.75, 3.05) is 6.54 Å². The standard InChI is InChI=1S/C3H6N.C2H6N.2ClH.Pt/c4-3-1-2-3;1-2-3;;;/h3-4H,1-2H2;3H,2H2,1H3;2*1H;/q2*-1;;;+4/p-2. The van der Waals surface area contributed by atoms with E-state index in [9.17, 15) is 0 Å². The van der Waals surface area contributed by atoms with Crippen LogP contribution in [-0.4, -0.2) is 12.6 Å². The van der Waals surface area contributed by atoms with Gasteiger partial charge in [-0.05, 0) is 0 Å². The zero-order valence-electron chi connectivity index (χ0n) is 5.77. The van der Waals surface area contributed by atoms with Gasteiger partial charge < -0.3 is 11.5 Å². The maximum absolute atomic E-state index is 6.69. The maximum Gasteiger partial charge on any atom is -0.0710 e. The van der Waals surface area contributed by atoms with Crippen LogP contribution in [0, 0.1) is 0 Å². The van der Waals surface area contributed by atoms with Crippen LogP contribution in [0.25, 0.3) is 11.5 Å². The average Bonchev–Trinajstić information content (AvgIpc) is 2.55. The molecule has 0 aliphatic heterocycles. The third-order valence-electron chi connectivity index (χ3n) is 0.577. The van der Waals surface area contributed by atoms with Gasteiger partial charge in [-0.2, -0.15) is 6.54 Å². The van der Waals surface area contributed by atoms with E-state index in [0.717, 1.165) is 12.8 Å². The van der Waals surface area contributed by atoms with Crippen LogP contribution in [0.2, 0.25) is 0 Å². The molecule has 0 aromatic rings. The zero-order valence-corrected chi connectivity index (χ0v) is 9.55. The zero-order chi connectivity index (χ0) is 8.41. The molecule has 2 N–H and O–H groups in total. The molecule has 0 spiro atoms. The van der Waals surface area contributed by atoms with Crippen LogP contribution >= 0.6 is 18.8 Å². The molecule has 0 aromatic carbocycles. The van der Waals surface area contributed by atoms with Gasteiger partial charge in [0.2, 0.25) is 0 Å². The van der Waals surface area contributed by atoms with E-state index >= 15 is 0 Å². The predicted molar refractivity (Wildman–Crippen MR) is 43.9 cm³/mol. The first kappa shape index (κ1) is 13.8. The summed E-state index contributed by atoms with van der Waals surface area (Å²) >= 11 is -0.472. The molecule has 0 aromatic heterocycles. The van der Waals surface area contributed by atoms with Crippen molar-refractivity contribution >= 4 is 18.8 Å². The number of hydrogen-bond acceptors (Lipinski definition) is 0. The Labute approximate surface area is 79.0 Å². The Bertz CT molecular complexity index is 50.9. The fourth-order valence-corrected chi connectivity index (χ4v) is 0.0833. The van der Waals surface area contributed by atoms with Gasteiger partial charge in [0.1, 0.15) is 0 Å². The summed E-state index contributed by atoms with van der Waals surface area (Å²) in [7, 11) is 9.75. The van der Waals surface area contributed by atoms with Crippen LogP contribution in [0.3, 0.4) is 0 Å². The van der Waals surface area contributed by atoms with E-state index in [1.807, 2.05) is 0 Å². The predicted octanol–water partition coefficient (Wildman–Crippen LogP) is 3.64. The Morgan fingerprint density at radius 3 is 1.60 bits per heavy atom. The van der Waals surface area contributed by atoms with Gasteiger partial charge in [-0.15, -0.1) is 6.04 Å². The van der Waals surface area contributed by atoms with Gasteiger partial charge in [0.25, 0.3) is 0 Å².